The topological polar surface area (TPSA) is 317 Å². The predicted octanol–water partition coefficient (Wildman–Crippen LogP) is -1.23. The molecule has 4 bridgehead atoms. The second kappa shape index (κ2) is 25.3. The van der Waals surface area contributed by atoms with Crippen molar-refractivity contribution in [3.63, 3.8) is 0 Å². The highest BCUT2D eigenvalue weighted by Crippen LogP contribution is 2.31. The van der Waals surface area contributed by atoms with Crippen molar-refractivity contribution < 1.29 is 34.5 Å². The molecule has 0 saturated heterocycles. The zero-order valence-electron chi connectivity index (χ0n) is 28.8. The Labute approximate surface area is 332 Å². The molecule has 17 nitrogen and oxygen atoms in total. The Kier molecular flexibility index (Phi) is 24.4. The first-order valence-corrected chi connectivity index (χ1v) is 16.1. The fraction of sp³-hybridized carbons (Fsp3) is 0.469. The van der Waals surface area contributed by atoms with E-state index in [0.717, 1.165) is 0 Å². The largest absolute Gasteiger partial charge is 0.508 e. The maximum absolute atomic E-state index is 13.9. The zero-order chi connectivity index (χ0) is 36.1. The van der Waals surface area contributed by atoms with Crippen LogP contribution >= 0.6 is 49.6 Å². The summed E-state index contributed by atoms with van der Waals surface area (Å²) >= 11 is 0. The van der Waals surface area contributed by atoms with E-state index in [1.165, 1.54) is 12.1 Å². The van der Waals surface area contributed by atoms with Crippen molar-refractivity contribution in [2.45, 2.75) is 68.8 Å². The normalized spacial score (nSPS) is 17.8. The van der Waals surface area contributed by atoms with Crippen molar-refractivity contribution >= 4 is 79.2 Å². The lowest BCUT2D eigenvalue weighted by molar-refractivity contribution is -0.134. The van der Waals surface area contributed by atoms with E-state index in [1.54, 1.807) is 24.3 Å². The minimum absolute atomic E-state index is 0. The molecule has 1 aliphatic rings. The fourth-order valence-corrected chi connectivity index (χ4v) is 5.25. The number of aliphatic hydroxyl groups excluding tert-OH is 1. The number of hydrogen-bond donors (Lipinski definition) is 13. The van der Waals surface area contributed by atoms with Crippen molar-refractivity contribution in [2.24, 2.45) is 22.9 Å². The molecule has 0 radical (unpaired) electrons. The van der Waals surface area contributed by atoms with E-state index in [1.807, 2.05) is 0 Å². The van der Waals surface area contributed by atoms with Gasteiger partial charge >= 0.3 is 0 Å². The van der Waals surface area contributed by atoms with Gasteiger partial charge in [-0.25, -0.2) is 0 Å². The number of carbonyl (C=O) groups is 4. The molecule has 17 N–H and O–H groups in total. The maximum Gasteiger partial charge on any atom is 0.243 e. The summed E-state index contributed by atoms with van der Waals surface area (Å²) in [6, 6.07) is 4.74. The van der Waals surface area contributed by atoms with Gasteiger partial charge in [-0.3, -0.25) is 24.6 Å². The van der Waals surface area contributed by atoms with Gasteiger partial charge in [0, 0.05) is 32.5 Å². The Bertz CT molecular complexity index is 1510. The van der Waals surface area contributed by atoms with Crippen molar-refractivity contribution in [3.8, 4) is 22.6 Å². The summed E-state index contributed by atoms with van der Waals surface area (Å²) in [5, 5.41) is 51.7. The SMILES string of the molecule is Cl.Cl.Cl.Cl.N=C(N)NCCC[C@H](NC(=O)[C@@H]1Cc2cc(ccc2O)-c2ccc(O)c(c2)C[C@H](N)C(=O)N[C@@H](CCCN)C(=O)N1)C(=O)NCC(O)CN. The van der Waals surface area contributed by atoms with Crippen LogP contribution in [0.5, 0.6) is 11.5 Å². The average Bonchev–Trinajstić information content (AvgIpc) is 3.07. The lowest BCUT2D eigenvalue weighted by Gasteiger charge is -2.26. The third-order valence-electron chi connectivity index (χ3n) is 8.06. The summed E-state index contributed by atoms with van der Waals surface area (Å²) in [6.45, 7) is 0.169. The molecule has 2 aromatic rings. The molecule has 0 spiro atoms. The van der Waals surface area contributed by atoms with Gasteiger partial charge < -0.3 is 64.8 Å². The van der Waals surface area contributed by atoms with Crippen LogP contribution in [-0.2, 0) is 32.0 Å². The highest BCUT2D eigenvalue weighted by Gasteiger charge is 2.31. The third-order valence-corrected chi connectivity index (χ3v) is 8.06. The maximum atomic E-state index is 13.9. The van der Waals surface area contributed by atoms with E-state index in [0.29, 0.717) is 35.1 Å². The van der Waals surface area contributed by atoms with Crippen molar-refractivity contribution in [1.82, 2.24) is 26.6 Å². The first-order chi connectivity index (χ1) is 23.3. The van der Waals surface area contributed by atoms with E-state index < -0.39 is 53.9 Å². The summed E-state index contributed by atoms with van der Waals surface area (Å²) in [5.74, 6) is -3.27. The Hall–Kier alpha value is -3.81. The van der Waals surface area contributed by atoms with Gasteiger partial charge in [0.1, 0.15) is 29.6 Å². The molecule has 3 rings (SSSR count). The van der Waals surface area contributed by atoms with Gasteiger partial charge in [-0.2, -0.15) is 0 Å². The number of guanidine groups is 1. The van der Waals surface area contributed by atoms with Gasteiger partial charge in [0.05, 0.1) is 12.1 Å². The smallest absolute Gasteiger partial charge is 0.243 e. The Morgan fingerprint density at radius 2 is 1.47 bits per heavy atom. The number of phenolic OH excluding ortho intramolecular Hbond substituents is 2. The second-order valence-electron chi connectivity index (χ2n) is 11.9. The van der Waals surface area contributed by atoms with Crippen LogP contribution in [0.15, 0.2) is 36.4 Å². The molecule has 0 saturated carbocycles. The first-order valence-electron chi connectivity index (χ1n) is 16.1. The molecule has 1 unspecified atom stereocenters. The summed E-state index contributed by atoms with van der Waals surface area (Å²) in [6.07, 6.45) is -0.411. The summed E-state index contributed by atoms with van der Waals surface area (Å²) < 4.78 is 0. The Morgan fingerprint density at radius 3 is 2.02 bits per heavy atom. The summed E-state index contributed by atoms with van der Waals surface area (Å²) in [7, 11) is 0. The van der Waals surface area contributed by atoms with Gasteiger partial charge in [0.15, 0.2) is 5.96 Å². The fourth-order valence-electron chi connectivity index (χ4n) is 5.25. The van der Waals surface area contributed by atoms with Gasteiger partial charge in [-0.05, 0) is 78.7 Å². The van der Waals surface area contributed by atoms with Gasteiger partial charge in [-0.15, -0.1) is 49.6 Å². The van der Waals surface area contributed by atoms with E-state index in [9.17, 15) is 34.5 Å². The number of amides is 4. The van der Waals surface area contributed by atoms with E-state index in [-0.39, 0.29) is 119 Å². The Balaban J connectivity index is 0. The average molecular weight is 831 g/mol. The van der Waals surface area contributed by atoms with Crippen LogP contribution in [0.25, 0.3) is 11.1 Å². The van der Waals surface area contributed by atoms with Gasteiger partial charge in [-0.1, -0.05) is 12.1 Å². The number of hydrogen-bond acceptors (Lipinski definition) is 11. The number of aliphatic hydroxyl groups is 1. The highest BCUT2D eigenvalue weighted by atomic mass is 35.5. The summed E-state index contributed by atoms with van der Waals surface area (Å²) in [4.78, 5) is 53.9. The molecular weight excluding hydrogens is 778 g/mol. The zero-order valence-corrected chi connectivity index (χ0v) is 32.1. The number of nitrogens with one attached hydrogen (secondary N) is 6. The van der Waals surface area contributed by atoms with Crippen LogP contribution in [0.3, 0.4) is 0 Å². The molecule has 5 atom stereocenters. The molecule has 2 aromatic carbocycles. The van der Waals surface area contributed by atoms with Crippen LogP contribution in [0.1, 0.15) is 36.8 Å². The first kappa shape index (κ1) is 51.3. The minimum atomic E-state index is -1.35. The molecular formula is C32H52Cl4N10O7. The Morgan fingerprint density at radius 1 is 0.887 bits per heavy atom. The standard InChI is InChI=1S/C32H48N10O7.4ClH/c33-9-1-3-24-30(48)42-25(31(49)41-23(4-2-10-38-32(36)37)29(47)39-16-21(43)15-34)14-20-12-18(6-8-27(20)45)17-5-7-26(44)19(11-17)13-22(35)28(46)40-24;;;;/h5-8,11-12,21-25,43-45H,1-4,9-10,13-16,33-35H2,(H,39,47)(H,40,46)(H,41,49)(H,42,48)(H4,36,37,38);4*1H/t21?,22-,23-,24-,25-;;;;/m0..../s1. The number of nitrogens with two attached hydrogens (primary N) is 4. The van der Waals surface area contributed by atoms with Gasteiger partial charge in [0.2, 0.25) is 23.6 Å². The van der Waals surface area contributed by atoms with Crippen molar-refractivity contribution in [3.05, 3.63) is 47.5 Å². The minimum Gasteiger partial charge on any atom is -0.508 e. The second-order valence-corrected chi connectivity index (χ2v) is 11.9. The molecule has 53 heavy (non-hydrogen) atoms. The third kappa shape index (κ3) is 16.0. The van der Waals surface area contributed by atoms with Crippen LogP contribution in [0.2, 0.25) is 0 Å². The monoisotopic (exact) mass is 828 g/mol. The molecule has 1 heterocycles. The quantitative estimate of drug-likeness (QED) is 0.0642. The molecule has 21 heteroatoms. The van der Waals surface area contributed by atoms with E-state index in [2.05, 4.69) is 26.6 Å². The number of carbonyl (C=O) groups excluding carboxylic acids is 4. The van der Waals surface area contributed by atoms with E-state index >= 15 is 0 Å². The number of benzene rings is 2. The van der Waals surface area contributed by atoms with Crippen molar-refractivity contribution in [1.29, 1.82) is 5.41 Å². The van der Waals surface area contributed by atoms with Crippen LogP contribution < -0.4 is 49.5 Å². The number of rotatable bonds is 13. The van der Waals surface area contributed by atoms with Crippen LogP contribution in [0.4, 0.5) is 0 Å². The molecule has 4 amide bonds. The number of fused-ring (bicyclic) bond motifs is 5. The van der Waals surface area contributed by atoms with Crippen LogP contribution in [-0.4, -0.2) is 101 Å². The number of phenols is 2. The molecule has 1 aliphatic heterocycles. The van der Waals surface area contributed by atoms with Crippen LogP contribution in [0, 0.1) is 5.41 Å². The van der Waals surface area contributed by atoms with Gasteiger partial charge in [0.25, 0.3) is 0 Å². The number of halogens is 4. The lowest BCUT2D eigenvalue weighted by Crippen LogP contribution is -2.58. The predicted molar refractivity (Wildman–Crippen MR) is 211 cm³/mol. The van der Waals surface area contributed by atoms with Crippen molar-refractivity contribution in [2.75, 3.05) is 26.2 Å². The number of aromatic hydroxyl groups is 2. The molecule has 0 aliphatic carbocycles. The lowest BCUT2D eigenvalue weighted by atomic mass is 9.95. The molecule has 0 fully saturated rings. The summed E-state index contributed by atoms with van der Waals surface area (Å²) in [5.41, 5.74) is 24.6. The molecule has 0 aromatic heterocycles. The highest BCUT2D eigenvalue weighted by molar-refractivity contribution is 5.95. The van der Waals surface area contributed by atoms with E-state index in [4.69, 9.17) is 28.3 Å². The molecule has 300 valence electrons.